The Hall–Kier alpha value is -4.95. The summed E-state index contributed by atoms with van der Waals surface area (Å²) in [4.78, 5) is 67.2. The van der Waals surface area contributed by atoms with Crippen molar-refractivity contribution in [2.45, 2.75) is 23.1 Å². The third-order valence-corrected chi connectivity index (χ3v) is 9.59. The van der Waals surface area contributed by atoms with Crippen molar-refractivity contribution in [3.05, 3.63) is 103 Å². The molecule has 3 amide bonds. The first-order chi connectivity index (χ1) is 21.2. The highest BCUT2D eigenvalue weighted by molar-refractivity contribution is 8.00. The first-order valence-corrected chi connectivity index (χ1v) is 15.2. The van der Waals surface area contributed by atoms with Gasteiger partial charge in [-0.3, -0.25) is 29.3 Å². The van der Waals surface area contributed by atoms with Crippen LogP contribution in [0.3, 0.4) is 0 Å². The fourth-order valence-electron chi connectivity index (χ4n) is 5.32. The molecule has 2 N–H and O–H groups in total. The van der Waals surface area contributed by atoms with E-state index in [0.717, 1.165) is 28.0 Å². The number of hydrogen-bond acceptors (Lipinski definition) is 10. The fraction of sp³-hybridized carbons (Fsp3) is 0.200. The van der Waals surface area contributed by atoms with E-state index in [1.807, 2.05) is 6.07 Å². The molecule has 1 aromatic heterocycles. The van der Waals surface area contributed by atoms with Crippen LogP contribution in [-0.2, 0) is 14.4 Å². The molecule has 3 unspecified atom stereocenters. The number of H-pyrrole nitrogens is 1. The molecule has 44 heavy (non-hydrogen) atoms. The van der Waals surface area contributed by atoms with E-state index in [1.165, 1.54) is 24.3 Å². The van der Waals surface area contributed by atoms with E-state index in [1.54, 1.807) is 49.4 Å². The molecule has 1 saturated heterocycles. The Kier molecular flexibility index (Phi) is 7.93. The Bertz CT molecular complexity index is 1820. The van der Waals surface area contributed by atoms with Crippen LogP contribution in [0, 0.1) is 16.0 Å². The number of thiazole rings is 1. The average molecular weight is 633 g/mol. The number of anilines is 2. The quantitative estimate of drug-likeness (QED) is 0.153. The van der Waals surface area contributed by atoms with Gasteiger partial charge < -0.3 is 19.8 Å². The highest BCUT2D eigenvalue weighted by atomic mass is 32.2. The smallest absolute Gasteiger partial charge is 0.305 e. The maximum Gasteiger partial charge on any atom is 0.305 e. The molecular weight excluding hydrogens is 608 g/mol. The molecule has 224 valence electrons. The van der Waals surface area contributed by atoms with Crippen LogP contribution >= 0.6 is 23.1 Å². The molecule has 3 heterocycles. The van der Waals surface area contributed by atoms with Crippen molar-refractivity contribution < 1.29 is 28.8 Å². The molecule has 1 fully saturated rings. The van der Waals surface area contributed by atoms with Crippen molar-refractivity contribution in [2.75, 3.05) is 23.4 Å². The molecule has 0 aliphatic carbocycles. The number of nitrogens with one attached hydrogen (secondary N) is 2. The van der Waals surface area contributed by atoms with E-state index in [0.29, 0.717) is 32.7 Å². The molecule has 0 saturated carbocycles. The van der Waals surface area contributed by atoms with E-state index >= 15 is 0 Å². The van der Waals surface area contributed by atoms with Gasteiger partial charge in [0.05, 0.1) is 28.2 Å². The summed E-state index contributed by atoms with van der Waals surface area (Å²) in [5.74, 6) is -2.21. The monoisotopic (exact) mass is 632 g/mol. The molecule has 0 spiro atoms. The van der Waals surface area contributed by atoms with Crippen molar-refractivity contribution >= 4 is 57.9 Å². The van der Waals surface area contributed by atoms with Crippen LogP contribution in [0.2, 0.25) is 0 Å². The van der Waals surface area contributed by atoms with Gasteiger partial charge in [-0.25, -0.2) is 4.90 Å². The summed E-state index contributed by atoms with van der Waals surface area (Å²) >= 11 is 2.10. The lowest BCUT2D eigenvalue weighted by Gasteiger charge is -2.30. The van der Waals surface area contributed by atoms with Crippen LogP contribution in [0.15, 0.2) is 82.6 Å². The van der Waals surface area contributed by atoms with Crippen molar-refractivity contribution in [1.29, 1.82) is 0 Å². The minimum atomic E-state index is -0.862. The SMILES string of the molecule is CCOc1cc(C2c3sc(=O)[nH]c3SC3C(=O)N(c4ccc([N+](=O)[O-])cc4)C(=O)C32)ccc1OCC(=O)Nc1ccccc1. The molecule has 3 atom stereocenters. The Morgan fingerprint density at radius 2 is 1.75 bits per heavy atom. The molecule has 0 bridgehead atoms. The predicted octanol–water partition coefficient (Wildman–Crippen LogP) is 4.56. The summed E-state index contributed by atoms with van der Waals surface area (Å²) in [5.41, 5.74) is 1.31. The molecule has 2 aliphatic rings. The van der Waals surface area contributed by atoms with Gasteiger partial charge in [0.15, 0.2) is 18.1 Å². The Balaban J connectivity index is 1.32. The van der Waals surface area contributed by atoms with Gasteiger partial charge in [-0.2, -0.15) is 0 Å². The van der Waals surface area contributed by atoms with Crippen LogP contribution in [0.5, 0.6) is 11.5 Å². The number of amides is 3. The number of aromatic amines is 1. The number of nitrogens with zero attached hydrogens (tertiary/aromatic N) is 2. The number of carbonyl (C=O) groups excluding carboxylic acids is 3. The number of aromatic nitrogens is 1. The zero-order chi connectivity index (χ0) is 31.0. The number of rotatable bonds is 9. The summed E-state index contributed by atoms with van der Waals surface area (Å²) in [6, 6.07) is 19.2. The van der Waals surface area contributed by atoms with Crippen LogP contribution in [0.1, 0.15) is 23.3 Å². The predicted molar refractivity (Wildman–Crippen MR) is 164 cm³/mol. The number of ether oxygens (including phenoxy) is 2. The molecule has 14 heteroatoms. The van der Waals surface area contributed by atoms with E-state index in [9.17, 15) is 29.3 Å². The first-order valence-electron chi connectivity index (χ1n) is 13.5. The number of non-ortho nitro benzene ring substituents is 1. The number of fused-ring (bicyclic) bond motifs is 2. The summed E-state index contributed by atoms with van der Waals surface area (Å²) in [7, 11) is 0. The molecule has 6 rings (SSSR count). The van der Waals surface area contributed by atoms with Gasteiger partial charge in [-0.1, -0.05) is 47.4 Å². The number of carbonyl (C=O) groups is 3. The van der Waals surface area contributed by atoms with Gasteiger partial charge in [-0.05, 0) is 48.9 Å². The van der Waals surface area contributed by atoms with Crippen molar-refractivity contribution in [2.24, 2.45) is 5.92 Å². The Labute approximate surface area is 258 Å². The van der Waals surface area contributed by atoms with Crippen LogP contribution in [0.4, 0.5) is 17.1 Å². The van der Waals surface area contributed by atoms with E-state index in [4.69, 9.17) is 9.47 Å². The number of hydrogen-bond donors (Lipinski definition) is 2. The van der Waals surface area contributed by atoms with Gasteiger partial charge >= 0.3 is 4.87 Å². The van der Waals surface area contributed by atoms with Gasteiger partial charge in [0.2, 0.25) is 11.8 Å². The first kappa shape index (κ1) is 29.1. The second kappa shape index (κ2) is 12.0. The Morgan fingerprint density at radius 3 is 2.45 bits per heavy atom. The number of nitro groups is 1. The lowest BCUT2D eigenvalue weighted by molar-refractivity contribution is -0.384. The minimum Gasteiger partial charge on any atom is -0.490 e. The zero-order valence-corrected chi connectivity index (χ0v) is 24.7. The molecule has 3 aromatic carbocycles. The molecule has 12 nitrogen and oxygen atoms in total. The zero-order valence-electron chi connectivity index (χ0n) is 23.1. The highest BCUT2D eigenvalue weighted by Crippen LogP contribution is 2.53. The fourth-order valence-corrected chi connectivity index (χ4v) is 7.84. The average Bonchev–Trinajstić information content (AvgIpc) is 3.51. The largest absolute Gasteiger partial charge is 0.490 e. The summed E-state index contributed by atoms with van der Waals surface area (Å²) < 4.78 is 11.6. The maximum absolute atomic E-state index is 13.9. The van der Waals surface area contributed by atoms with Crippen molar-refractivity contribution in [3.8, 4) is 11.5 Å². The van der Waals surface area contributed by atoms with Crippen LogP contribution < -0.4 is 24.6 Å². The molecule has 2 aliphatic heterocycles. The van der Waals surface area contributed by atoms with Gasteiger partial charge in [0.1, 0.15) is 5.25 Å². The molecule has 0 radical (unpaired) electrons. The van der Waals surface area contributed by atoms with Gasteiger partial charge in [0, 0.05) is 28.6 Å². The second-order valence-corrected chi connectivity index (χ2v) is 12.0. The summed E-state index contributed by atoms with van der Waals surface area (Å²) in [6.45, 7) is 1.81. The van der Waals surface area contributed by atoms with Gasteiger partial charge in [-0.15, -0.1) is 0 Å². The number of benzene rings is 3. The third-order valence-electron chi connectivity index (χ3n) is 7.19. The lowest BCUT2D eigenvalue weighted by Crippen LogP contribution is -2.32. The maximum atomic E-state index is 13.9. The highest BCUT2D eigenvalue weighted by Gasteiger charge is 2.56. The molecular formula is C30H24N4O8S2. The second-order valence-electron chi connectivity index (χ2n) is 9.88. The standard InChI is InChI=1S/C30H24N4O8S2/c1-2-41-21-14-16(8-13-20(21)42-15-22(35)31-17-6-4-3-5-7-17)23-24-26(43-27-25(23)44-30(38)32-27)29(37)33(28(24)36)18-9-11-19(12-10-18)34(39)40/h3-14,23-24,26H,2,15H2,1H3,(H,31,35)(H,32,38). The van der Waals surface area contributed by atoms with E-state index < -0.39 is 33.8 Å². The molecule has 4 aromatic rings. The lowest BCUT2D eigenvalue weighted by atomic mass is 9.83. The third kappa shape index (κ3) is 5.44. The van der Waals surface area contributed by atoms with E-state index in [-0.39, 0.29) is 35.4 Å². The Morgan fingerprint density at radius 1 is 1.00 bits per heavy atom. The number of imide groups is 1. The van der Waals surface area contributed by atoms with Crippen LogP contribution in [0.25, 0.3) is 0 Å². The topological polar surface area (TPSA) is 161 Å². The minimum absolute atomic E-state index is 0.166. The van der Waals surface area contributed by atoms with Crippen molar-refractivity contribution in [1.82, 2.24) is 4.98 Å². The van der Waals surface area contributed by atoms with Crippen LogP contribution in [-0.4, -0.2) is 46.1 Å². The van der Waals surface area contributed by atoms with Gasteiger partial charge in [0.25, 0.3) is 11.6 Å². The normalized spacial score (nSPS) is 18.8. The van der Waals surface area contributed by atoms with E-state index in [2.05, 4.69) is 10.3 Å². The number of para-hydroxylation sites is 1. The summed E-state index contributed by atoms with van der Waals surface area (Å²) in [6.07, 6.45) is 0. The van der Waals surface area contributed by atoms with Crippen molar-refractivity contribution in [3.63, 3.8) is 0 Å². The summed E-state index contributed by atoms with van der Waals surface area (Å²) in [5, 5.41) is 13.5. The number of nitro benzene ring substituents is 1. The number of thioether (sulfide) groups is 1.